The van der Waals surface area contributed by atoms with Crippen molar-refractivity contribution in [2.45, 2.75) is 52.7 Å². The third kappa shape index (κ3) is 6.11. The molecule has 1 aromatic heterocycles. The minimum atomic E-state index is -0.568. The lowest BCUT2D eigenvalue weighted by Gasteiger charge is -2.26. The summed E-state index contributed by atoms with van der Waals surface area (Å²) in [6.07, 6.45) is 0.592. The van der Waals surface area contributed by atoms with Gasteiger partial charge in [-0.05, 0) is 55.2 Å². The molecule has 3 aromatic carbocycles. The lowest BCUT2D eigenvalue weighted by molar-refractivity contribution is 0.0940. The van der Waals surface area contributed by atoms with E-state index >= 15 is 0 Å². The molecule has 0 radical (unpaired) electrons. The van der Waals surface area contributed by atoms with Gasteiger partial charge in [0.2, 0.25) is 0 Å². The number of aromatic nitrogens is 2. The molecule has 0 aliphatic heterocycles. The third-order valence-electron chi connectivity index (χ3n) is 7.03. The van der Waals surface area contributed by atoms with E-state index in [1.807, 2.05) is 69.3 Å². The van der Waals surface area contributed by atoms with Gasteiger partial charge in [0.25, 0.3) is 5.56 Å². The van der Waals surface area contributed by atoms with Crippen LogP contribution in [-0.2, 0) is 11.2 Å². The Labute approximate surface area is 234 Å². The molecule has 40 heavy (non-hydrogen) atoms. The molecule has 0 saturated carbocycles. The fraction of sp³-hybridized carbons (Fsp3) is 0.344. The highest BCUT2D eigenvalue weighted by Gasteiger charge is 2.26. The van der Waals surface area contributed by atoms with Crippen molar-refractivity contribution >= 4 is 22.7 Å². The van der Waals surface area contributed by atoms with Gasteiger partial charge in [0.15, 0.2) is 0 Å². The molecule has 4 aromatic rings. The standard InChI is InChI=1S/C32H37N3O5/c1-7-11-29-34-27-17-14-23(33-32(37)40-21(4)20(2)3)18-26(27)31(36)35(29)30(22-12-9-8-10-13-22)25-16-15-24(38-5)19-28(25)39-6/h8-10,12-21,30H,7,11H2,1-6H3,(H,33,37). The quantitative estimate of drug-likeness (QED) is 0.242. The Morgan fingerprint density at radius 1 is 0.975 bits per heavy atom. The van der Waals surface area contributed by atoms with E-state index in [4.69, 9.17) is 19.2 Å². The van der Waals surface area contributed by atoms with Gasteiger partial charge in [-0.25, -0.2) is 9.78 Å². The molecule has 0 bridgehead atoms. The molecule has 0 fully saturated rings. The second kappa shape index (κ2) is 12.7. The maximum absolute atomic E-state index is 14.4. The summed E-state index contributed by atoms with van der Waals surface area (Å²) < 4.78 is 18.4. The molecular weight excluding hydrogens is 506 g/mol. The van der Waals surface area contributed by atoms with E-state index in [2.05, 4.69) is 12.2 Å². The molecule has 8 nitrogen and oxygen atoms in total. The molecule has 4 rings (SSSR count). The van der Waals surface area contributed by atoms with Crippen LogP contribution in [0.3, 0.4) is 0 Å². The average molecular weight is 544 g/mol. The number of hydrogen-bond acceptors (Lipinski definition) is 6. The van der Waals surface area contributed by atoms with E-state index in [-0.39, 0.29) is 17.6 Å². The van der Waals surface area contributed by atoms with Crippen molar-refractivity contribution in [3.63, 3.8) is 0 Å². The van der Waals surface area contributed by atoms with Gasteiger partial charge >= 0.3 is 6.09 Å². The van der Waals surface area contributed by atoms with E-state index < -0.39 is 12.1 Å². The van der Waals surface area contributed by atoms with Crippen LogP contribution in [0.4, 0.5) is 10.5 Å². The number of nitrogens with one attached hydrogen (secondary N) is 1. The first-order chi connectivity index (χ1) is 19.3. The topological polar surface area (TPSA) is 91.7 Å². The second-order valence-electron chi connectivity index (χ2n) is 10.1. The first-order valence-corrected chi connectivity index (χ1v) is 13.6. The summed E-state index contributed by atoms with van der Waals surface area (Å²) in [6.45, 7) is 7.87. The van der Waals surface area contributed by atoms with Crippen LogP contribution in [0.5, 0.6) is 11.5 Å². The lowest BCUT2D eigenvalue weighted by atomic mass is 9.96. The maximum atomic E-state index is 14.4. The van der Waals surface area contributed by atoms with E-state index in [0.717, 1.165) is 17.5 Å². The van der Waals surface area contributed by atoms with Crippen molar-refractivity contribution in [3.8, 4) is 11.5 Å². The van der Waals surface area contributed by atoms with Crippen molar-refractivity contribution in [2.24, 2.45) is 5.92 Å². The summed E-state index contributed by atoms with van der Waals surface area (Å²) in [4.78, 5) is 31.8. The van der Waals surface area contributed by atoms with Crippen LogP contribution >= 0.6 is 0 Å². The number of benzene rings is 3. The minimum Gasteiger partial charge on any atom is -0.497 e. The van der Waals surface area contributed by atoms with E-state index in [9.17, 15) is 9.59 Å². The number of carbonyl (C=O) groups is 1. The molecule has 8 heteroatoms. The van der Waals surface area contributed by atoms with E-state index in [0.29, 0.717) is 40.3 Å². The summed E-state index contributed by atoms with van der Waals surface area (Å²) in [5.74, 6) is 2.10. The number of hydrogen-bond donors (Lipinski definition) is 1. The first kappa shape index (κ1) is 28.7. The molecule has 1 heterocycles. The summed E-state index contributed by atoms with van der Waals surface area (Å²) in [7, 11) is 3.21. The monoisotopic (exact) mass is 543 g/mol. The highest BCUT2D eigenvalue weighted by Crippen LogP contribution is 2.36. The Kier molecular flexibility index (Phi) is 9.09. The molecule has 0 aliphatic carbocycles. The first-order valence-electron chi connectivity index (χ1n) is 13.6. The Hall–Kier alpha value is -4.33. The highest BCUT2D eigenvalue weighted by atomic mass is 16.6. The van der Waals surface area contributed by atoms with Gasteiger partial charge in [-0.15, -0.1) is 0 Å². The maximum Gasteiger partial charge on any atom is 0.411 e. The lowest BCUT2D eigenvalue weighted by Crippen LogP contribution is -2.31. The number of ether oxygens (including phenoxy) is 3. The second-order valence-corrected chi connectivity index (χ2v) is 10.1. The Balaban J connectivity index is 1.91. The summed E-state index contributed by atoms with van der Waals surface area (Å²) in [5, 5.41) is 3.15. The molecule has 2 unspecified atom stereocenters. The summed E-state index contributed by atoms with van der Waals surface area (Å²) in [5.41, 5.74) is 2.52. The Morgan fingerprint density at radius 3 is 2.38 bits per heavy atom. The van der Waals surface area contributed by atoms with Crippen LogP contribution in [0.15, 0.2) is 71.5 Å². The van der Waals surface area contributed by atoms with Gasteiger partial charge < -0.3 is 14.2 Å². The summed E-state index contributed by atoms with van der Waals surface area (Å²) in [6, 6.07) is 20.1. The van der Waals surface area contributed by atoms with Crippen molar-refractivity contribution in [1.29, 1.82) is 0 Å². The zero-order valence-corrected chi connectivity index (χ0v) is 23.9. The number of nitrogens with zero attached hydrogens (tertiary/aromatic N) is 2. The molecule has 210 valence electrons. The number of methoxy groups -OCH3 is 2. The molecule has 1 amide bonds. The molecular formula is C32H37N3O5. The van der Waals surface area contributed by atoms with Crippen LogP contribution in [0.25, 0.3) is 10.9 Å². The Bertz CT molecular complexity index is 1530. The number of amides is 1. The molecule has 0 saturated heterocycles. The number of aryl methyl sites for hydroxylation is 1. The minimum absolute atomic E-state index is 0.181. The third-order valence-corrected chi connectivity index (χ3v) is 7.03. The van der Waals surface area contributed by atoms with Crippen LogP contribution in [-0.4, -0.2) is 36.0 Å². The van der Waals surface area contributed by atoms with E-state index in [1.165, 1.54) is 0 Å². The van der Waals surface area contributed by atoms with Gasteiger partial charge in [0.1, 0.15) is 23.4 Å². The SMILES string of the molecule is CCCc1nc2ccc(NC(=O)OC(C)C(C)C)cc2c(=O)n1C(c1ccccc1)c1ccc(OC)cc1OC. The molecule has 0 spiro atoms. The van der Waals surface area contributed by atoms with Gasteiger partial charge in [-0.2, -0.15) is 0 Å². The molecule has 1 N–H and O–H groups in total. The predicted molar refractivity (Wildman–Crippen MR) is 158 cm³/mol. The van der Waals surface area contributed by atoms with Crippen molar-refractivity contribution in [2.75, 3.05) is 19.5 Å². The summed E-state index contributed by atoms with van der Waals surface area (Å²) >= 11 is 0. The van der Waals surface area contributed by atoms with Crippen LogP contribution < -0.4 is 20.3 Å². The van der Waals surface area contributed by atoms with Gasteiger partial charge in [-0.3, -0.25) is 14.7 Å². The van der Waals surface area contributed by atoms with Crippen LogP contribution in [0.2, 0.25) is 0 Å². The zero-order chi connectivity index (χ0) is 28.8. The van der Waals surface area contributed by atoms with E-state index in [1.54, 1.807) is 37.0 Å². The molecule has 2 atom stereocenters. The smallest absolute Gasteiger partial charge is 0.411 e. The normalized spacial score (nSPS) is 12.7. The Morgan fingerprint density at radius 2 is 1.73 bits per heavy atom. The van der Waals surface area contributed by atoms with Crippen molar-refractivity contribution in [3.05, 3.63) is 94.0 Å². The molecule has 0 aliphatic rings. The zero-order valence-electron chi connectivity index (χ0n) is 23.9. The fourth-order valence-corrected chi connectivity index (χ4v) is 4.59. The fourth-order valence-electron chi connectivity index (χ4n) is 4.59. The van der Waals surface area contributed by atoms with Gasteiger partial charge in [0.05, 0.1) is 31.2 Å². The van der Waals surface area contributed by atoms with Crippen molar-refractivity contribution < 1.29 is 19.0 Å². The van der Waals surface area contributed by atoms with Gasteiger partial charge in [-0.1, -0.05) is 51.1 Å². The largest absolute Gasteiger partial charge is 0.497 e. The van der Waals surface area contributed by atoms with Crippen LogP contribution in [0.1, 0.15) is 57.1 Å². The predicted octanol–water partition coefficient (Wildman–Crippen LogP) is 6.60. The van der Waals surface area contributed by atoms with Crippen molar-refractivity contribution in [1.82, 2.24) is 9.55 Å². The number of anilines is 1. The average Bonchev–Trinajstić information content (AvgIpc) is 2.95. The number of carbonyl (C=O) groups excluding carboxylic acids is 1. The number of rotatable bonds is 10. The van der Waals surface area contributed by atoms with Gasteiger partial charge in [0, 0.05) is 23.7 Å². The number of fused-ring (bicyclic) bond motifs is 1. The van der Waals surface area contributed by atoms with Crippen LogP contribution in [0, 0.1) is 5.92 Å². The highest BCUT2D eigenvalue weighted by molar-refractivity contribution is 5.89.